The molecule has 7 heteroatoms. The Morgan fingerprint density at radius 3 is 2.75 bits per heavy atom. The Morgan fingerprint density at radius 1 is 1.17 bits per heavy atom. The van der Waals surface area contributed by atoms with Gasteiger partial charge in [0, 0.05) is 17.0 Å². The molecule has 0 bridgehead atoms. The van der Waals surface area contributed by atoms with Crippen molar-refractivity contribution in [3.05, 3.63) is 54.1 Å². The Balaban J connectivity index is 1.66. The zero-order valence-electron chi connectivity index (χ0n) is 12.4. The average molecular weight is 341 g/mol. The van der Waals surface area contributed by atoms with E-state index in [2.05, 4.69) is 10.6 Å². The molecule has 1 unspecified atom stereocenters. The number of hydrogen-bond donors (Lipinski definition) is 2. The first-order chi connectivity index (χ1) is 11.5. The Labute approximate surface area is 142 Å². The fourth-order valence-corrected chi connectivity index (χ4v) is 3.44. The van der Waals surface area contributed by atoms with Gasteiger partial charge in [-0.3, -0.25) is 9.59 Å². The Kier molecular flexibility index (Phi) is 4.52. The zero-order chi connectivity index (χ0) is 17.1. The number of fused-ring (bicyclic) bond motifs is 1. The van der Waals surface area contributed by atoms with Gasteiger partial charge in [-0.05, 0) is 29.8 Å². The van der Waals surface area contributed by atoms with Crippen LogP contribution in [-0.4, -0.2) is 23.0 Å². The van der Waals surface area contributed by atoms with Crippen LogP contribution in [0.15, 0.2) is 53.4 Å². The lowest BCUT2D eigenvalue weighted by Crippen LogP contribution is -2.32. The van der Waals surface area contributed by atoms with Gasteiger partial charge in [0.15, 0.2) is 0 Å². The van der Waals surface area contributed by atoms with Crippen LogP contribution in [0.4, 0.5) is 11.4 Å². The van der Waals surface area contributed by atoms with Crippen molar-refractivity contribution in [2.24, 2.45) is 0 Å². The molecule has 0 fully saturated rings. The molecule has 1 atom stereocenters. The number of thioether (sulfide) groups is 1. The molecule has 1 aliphatic rings. The number of benzene rings is 2. The maximum atomic E-state index is 12.2. The molecule has 24 heavy (non-hydrogen) atoms. The fourth-order valence-electron chi connectivity index (χ4n) is 2.33. The van der Waals surface area contributed by atoms with Crippen LogP contribution in [0.1, 0.15) is 16.8 Å². The van der Waals surface area contributed by atoms with Crippen molar-refractivity contribution in [2.75, 3.05) is 10.6 Å². The second kappa shape index (κ2) is 6.76. The molecule has 0 aromatic heterocycles. The van der Waals surface area contributed by atoms with Gasteiger partial charge >= 0.3 is 0 Å². The summed E-state index contributed by atoms with van der Waals surface area (Å²) in [6, 6.07) is 13.2. The summed E-state index contributed by atoms with van der Waals surface area (Å²) in [5, 5.41) is 15.7. The number of carboxylic acids is 1. The van der Waals surface area contributed by atoms with Gasteiger partial charge in [0.05, 0.1) is 16.9 Å². The Bertz CT molecular complexity index is 822. The van der Waals surface area contributed by atoms with E-state index in [-0.39, 0.29) is 23.8 Å². The van der Waals surface area contributed by atoms with E-state index in [1.165, 1.54) is 30.0 Å². The van der Waals surface area contributed by atoms with Gasteiger partial charge in [-0.2, -0.15) is 0 Å². The molecule has 2 aromatic rings. The zero-order valence-corrected chi connectivity index (χ0v) is 13.3. The monoisotopic (exact) mass is 341 g/mol. The summed E-state index contributed by atoms with van der Waals surface area (Å²) in [4.78, 5) is 36.0. The van der Waals surface area contributed by atoms with Gasteiger partial charge in [-0.15, -0.1) is 11.8 Å². The molecule has 2 aromatic carbocycles. The molecule has 3 rings (SSSR count). The molecule has 0 saturated carbocycles. The normalized spacial score (nSPS) is 16.0. The van der Waals surface area contributed by atoms with E-state index in [0.717, 1.165) is 10.6 Å². The highest BCUT2D eigenvalue weighted by atomic mass is 32.2. The van der Waals surface area contributed by atoms with Gasteiger partial charge in [0.2, 0.25) is 11.8 Å². The highest BCUT2D eigenvalue weighted by Gasteiger charge is 2.28. The van der Waals surface area contributed by atoms with Crippen molar-refractivity contribution < 1.29 is 19.5 Å². The van der Waals surface area contributed by atoms with Gasteiger partial charge in [-0.1, -0.05) is 24.3 Å². The van der Waals surface area contributed by atoms with Crippen molar-refractivity contribution >= 4 is 40.9 Å². The standard InChI is InChI=1S/C17H14N2O4S/c20-15(18-11-5-3-4-10(8-11)17(22)23)9-14-16(21)19-12-6-1-2-7-13(12)24-14/h1-8,14H,9H2,(H,18,20)(H,19,21)(H,22,23)/p-1. The van der Waals surface area contributed by atoms with Crippen molar-refractivity contribution in [2.45, 2.75) is 16.6 Å². The first-order valence-corrected chi connectivity index (χ1v) is 8.09. The molecular weight excluding hydrogens is 328 g/mol. The smallest absolute Gasteiger partial charge is 0.238 e. The van der Waals surface area contributed by atoms with Crippen LogP contribution in [-0.2, 0) is 9.59 Å². The molecular formula is C17H13N2O4S-. The van der Waals surface area contributed by atoms with E-state index in [1.807, 2.05) is 24.3 Å². The minimum Gasteiger partial charge on any atom is -0.545 e. The third kappa shape index (κ3) is 3.57. The number of carbonyl (C=O) groups is 3. The quantitative estimate of drug-likeness (QED) is 0.878. The summed E-state index contributed by atoms with van der Waals surface area (Å²) in [6.07, 6.45) is -0.0135. The van der Waals surface area contributed by atoms with Gasteiger partial charge < -0.3 is 20.5 Å². The lowest BCUT2D eigenvalue weighted by atomic mass is 10.2. The van der Waals surface area contributed by atoms with Gasteiger partial charge in [0.1, 0.15) is 0 Å². The summed E-state index contributed by atoms with van der Waals surface area (Å²) in [7, 11) is 0. The number of amides is 2. The number of anilines is 2. The summed E-state index contributed by atoms with van der Waals surface area (Å²) >= 11 is 1.34. The minimum atomic E-state index is -1.31. The molecule has 0 radical (unpaired) electrons. The first-order valence-electron chi connectivity index (χ1n) is 7.21. The maximum absolute atomic E-state index is 12.2. The van der Waals surface area contributed by atoms with Crippen molar-refractivity contribution in [1.29, 1.82) is 0 Å². The fraction of sp³-hybridized carbons (Fsp3) is 0.118. The lowest BCUT2D eigenvalue weighted by Gasteiger charge is -2.23. The molecule has 0 saturated heterocycles. The number of carboxylic acid groups (broad SMARTS) is 1. The highest BCUT2D eigenvalue weighted by Crippen LogP contribution is 2.36. The number of hydrogen-bond acceptors (Lipinski definition) is 5. The molecule has 0 aliphatic carbocycles. The van der Waals surface area contributed by atoms with Crippen LogP contribution in [0.3, 0.4) is 0 Å². The van der Waals surface area contributed by atoms with Crippen LogP contribution >= 0.6 is 11.8 Å². The van der Waals surface area contributed by atoms with Crippen LogP contribution in [0.25, 0.3) is 0 Å². The van der Waals surface area contributed by atoms with E-state index in [0.29, 0.717) is 5.69 Å². The third-order valence-electron chi connectivity index (χ3n) is 3.46. The molecule has 6 nitrogen and oxygen atoms in total. The van der Waals surface area contributed by atoms with E-state index in [1.54, 1.807) is 6.07 Å². The van der Waals surface area contributed by atoms with Crippen LogP contribution in [0, 0.1) is 0 Å². The molecule has 122 valence electrons. The van der Waals surface area contributed by atoms with E-state index >= 15 is 0 Å². The molecule has 0 spiro atoms. The lowest BCUT2D eigenvalue weighted by molar-refractivity contribution is -0.255. The van der Waals surface area contributed by atoms with Crippen LogP contribution < -0.4 is 15.7 Å². The Morgan fingerprint density at radius 2 is 1.96 bits per heavy atom. The van der Waals surface area contributed by atoms with E-state index in [9.17, 15) is 19.5 Å². The van der Waals surface area contributed by atoms with Gasteiger partial charge in [0.25, 0.3) is 0 Å². The number of rotatable bonds is 4. The first kappa shape index (κ1) is 16.1. The minimum absolute atomic E-state index is 0.0135. The summed E-state index contributed by atoms with van der Waals surface area (Å²) in [5.41, 5.74) is 1.07. The highest BCUT2D eigenvalue weighted by molar-refractivity contribution is 8.01. The summed E-state index contributed by atoms with van der Waals surface area (Å²) in [6.45, 7) is 0. The average Bonchev–Trinajstić information content (AvgIpc) is 2.55. The summed E-state index contributed by atoms with van der Waals surface area (Å²) in [5.74, 6) is -1.90. The van der Waals surface area contributed by atoms with Crippen molar-refractivity contribution in [3.8, 4) is 0 Å². The number of aromatic carboxylic acids is 1. The largest absolute Gasteiger partial charge is 0.545 e. The molecule has 1 heterocycles. The predicted octanol–water partition coefficient (Wildman–Crippen LogP) is 1.49. The van der Waals surface area contributed by atoms with E-state index in [4.69, 9.17) is 0 Å². The second-order valence-corrected chi connectivity index (χ2v) is 6.46. The van der Waals surface area contributed by atoms with Crippen LogP contribution in [0.5, 0.6) is 0 Å². The summed E-state index contributed by atoms with van der Waals surface area (Å²) < 4.78 is 0. The number of nitrogens with one attached hydrogen (secondary N) is 2. The Hall–Kier alpha value is -2.80. The third-order valence-corrected chi connectivity index (χ3v) is 4.73. The van der Waals surface area contributed by atoms with Crippen molar-refractivity contribution in [1.82, 2.24) is 0 Å². The number of carbonyl (C=O) groups excluding carboxylic acids is 3. The predicted molar refractivity (Wildman–Crippen MR) is 88.7 cm³/mol. The maximum Gasteiger partial charge on any atom is 0.238 e. The topological polar surface area (TPSA) is 98.3 Å². The van der Waals surface area contributed by atoms with Gasteiger partial charge in [-0.25, -0.2) is 0 Å². The molecule has 2 amide bonds. The number of para-hydroxylation sites is 1. The molecule has 2 N–H and O–H groups in total. The van der Waals surface area contributed by atoms with E-state index < -0.39 is 11.2 Å². The second-order valence-electron chi connectivity index (χ2n) is 5.21. The molecule has 1 aliphatic heterocycles. The van der Waals surface area contributed by atoms with Crippen LogP contribution in [0.2, 0.25) is 0 Å². The SMILES string of the molecule is O=C(CC1Sc2ccccc2NC1=O)Nc1cccc(C(=O)[O-])c1. The van der Waals surface area contributed by atoms with Crippen molar-refractivity contribution in [3.63, 3.8) is 0 Å².